The zero-order valence-electron chi connectivity index (χ0n) is 20.2. The highest BCUT2D eigenvalue weighted by atomic mass is 32.2. The number of carbonyl (C=O) groups excluding carboxylic acids is 3. The SMILES string of the molecule is Cc1ccc(N2C(=O)CS[C@@]23C(=O)N(CC(=O)Nc2c(C)cc(C)cc2C)c2ccccc23)cc1. The molecule has 2 heterocycles. The highest BCUT2D eigenvalue weighted by Crippen LogP contribution is 2.55. The number of aryl methyl sites for hydroxylation is 4. The predicted octanol–water partition coefficient (Wildman–Crippen LogP) is 4.84. The Labute approximate surface area is 209 Å². The topological polar surface area (TPSA) is 69.7 Å². The van der Waals surface area contributed by atoms with Gasteiger partial charge in [-0.3, -0.25) is 24.2 Å². The first-order chi connectivity index (χ1) is 16.7. The number of thioether (sulfide) groups is 1. The Morgan fingerprint density at radius 1 is 0.943 bits per heavy atom. The van der Waals surface area contributed by atoms with Crippen LogP contribution in [0.4, 0.5) is 17.1 Å². The van der Waals surface area contributed by atoms with E-state index in [1.165, 1.54) is 16.7 Å². The van der Waals surface area contributed by atoms with Crippen LogP contribution in [0.2, 0.25) is 0 Å². The number of nitrogens with one attached hydrogen (secondary N) is 1. The highest BCUT2D eigenvalue weighted by Gasteiger charge is 2.61. The minimum atomic E-state index is -1.22. The zero-order chi connectivity index (χ0) is 24.9. The fraction of sp³-hybridized carbons (Fsp3) is 0.250. The first kappa shape index (κ1) is 23.2. The maximum absolute atomic E-state index is 14.1. The summed E-state index contributed by atoms with van der Waals surface area (Å²) in [7, 11) is 0. The minimum absolute atomic E-state index is 0.126. The molecule has 0 aliphatic carbocycles. The molecule has 7 heteroatoms. The number of hydrogen-bond acceptors (Lipinski definition) is 4. The van der Waals surface area contributed by atoms with Crippen molar-refractivity contribution in [3.63, 3.8) is 0 Å². The Bertz CT molecular complexity index is 1350. The number of benzene rings is 3. The normalized spacial score (nSPS) is 19.0. The van der Waals surface area contributed by atoms with Gasteiger partial charge in [0.05, 0.1) is 11.4 Å². The number of anilines is 3. The molecular weight excluding hydrogens is 458 g/mol. The van der Waals surface area contributed by atoms with Crippen molar-refractivity contribution in [3.05, 3.63) is 88.5 Å². The largest absolute Gasteiger partial charge is 0.324 e. The molecule has 35 heavy (non-hydrogen) atoms. The quantitative estimate of drug-likeness (QED) is 0.574. The van der Waals surface area contributed by atoms with Gasteiger partial charge < -0.3 is 5.32 Å². The molecule has 178 valence electrons. The fourth-order valence-corrected chi connectivity index (χ4v) is 6.47. The van der Waals surface area contributed by atoms with E-state index in [4.69, 9.17) is 0 Å². The zero-order valence-corrected chi connectivity index (χ0v) is 21.0. The first-order valence-electron chi connectivity index (χ1n) is 11.5. The Hall–Kier alpha value is -3.58. The molecule has 1 spiro atoms. The van der Waals surface area contributed by atoms with Crippen molar-refractivity contribution in [1.82, 2.24) is 0 Å². The van der Waals surface area contributed by atoms with Gasteiger partial charge in [-0.15, -0.1) is 11.8 Å². The van der Waals surface area contributed by atoms with E-state index < -0.39 is 4.87 Å². The third kappa shape index (κ3) is 3.71. The molecule has 3 aromatic carbocycles. The lowest BCUT2D eigenvalue weighted by Gasteiger charge is -2.33. The minimum Gasteiger partial charge on any atom is -0.324 e. The molecular formula is C28H27N3O3S. The second kappa shape index (κ2) is 8.57. The number of rotatable bonds is 4. The van der Waals surface area contributed by atoms with E-state index in [0.717, 1.165) is 33.5 Å². The Morgan fingerprint density at radius 3 is 2.29 bits per heavy atom. The van der Waals surface area contributed by atoms with Crippen LogP contribution in [-0.2, 0) is 19.3 Å². The number of fused-ring (bicyclic) bond motifs is 2. The van der Waals surface area contributed by atoms with Crippen LogP contribution < -0.4 is 15.1 Å². The van der Waals surface area contributed by atoms with E-state index in [0.29, 0.717) is 11.4 Å². The first-order valence-corrected chi connectivity index (χ1v) is 12.5. The molecule has 2 aliphatic rings. The Kier molecular flexibility index (Phi) is 5.68. The standard InChI is InChI=1S/C28H27N3O3S/c1-17-9-11-21(12-10-17)31-25(33)16-35-28(31)22-7-5-6-8-23(22)30(27(28)34)15-24(32)29-26-19(3)13-18(2)14-20(26)4/h5-14H,15-16H2,1-4H3,(H,29,32)/t28-/m0/s1. The average Bonchev–Trinajstić information content (AvgIpc) is 3.28. The average molecular weight is 486 g/mol. The molecule has 2 aliphatic heterocycles. The van der Waals surface area contributed by atoms with Crippen LogP contribution in [0.5, 0.6) is 0 Å². The number of hydrogen-bond donors (Lipinski definition) is 1. The Balaban J connectivity index is 1.51. The van der Waals surface area contributed by atoms with E-state index in [-0.39, 0.29) is 30.0 Å². The van der Waals surface area contributed by atoms with Crippen LogP contribution in [-0.4, -0.2) is 30.0 Å². The molecule has 3 aromatic rings. The third-order valence-electron chi connectivity index (χ3n) is 6.60. The van der Waals surface area contributed by atoms with Crippen LogP contribution in [0.3, 0.4) is 0 Å². The molecule has 1 saturated heterocycles. The summed E-state index contributed by atoms with van der Waals surface area (Å²) < 4.78 is 0. The van der Waals surface area contributed by atoms with E-state index in [2.05, 4.69) is 5.32 Å². The lowest BCUT2D eigenvalue weighted by atomic mass is 10.0. The van der Waals surface area contributed by atoms with Crippen LogP contribution in [0.25, 0.3) is 0 Å². The van der Waals surface area contributed by atoms with Gasteiger partial charge in [-0.25, -0.2) is 0 Å². The molecule has 1 atom stereocenters. The summed E-state index contributed by atoms with van der Waals surface area (Å²) >= 11 is 1.31. The summed E-state index contributed by atoms with van der Waals surface area (Å²) in [6.45, 7) is 7.78. The van der Waals surface area contributed by atoms with Gasteiger partial charge in [-0.2, -0.15) is 0 Å². The van der Waals surface area contributed by atoms with Crippen LogP contribution >= 0.6 is 11.8 Å². The van der Waals surface area contributed by atoms with Crippen LogP contribution in [0, 0.1) is 27.7 Å². The summed E-state index contributed by atoms with van der Waals surface area (Å²) in [5.41, 5.74) is 6.98. The maximum atomic E-state index is 14.1. The molecule has 0 saturated carbocycles. The van der Waals surface area contributed by atoms with Gasteiger partial charge in [0.1, 0.15) is 6.54 Å². The lowest BCUT2D eigenvalue weighted by molar-refractivity contribution is -0.124. The van der Waals surface area contributed by atoms with E-state index >= 15 is 0 Å². The summed E-state index contributed by atoms with van der Waals surface area (Å²) in [6.07, 6.45) is 0. The predicted molar refractivity (Wildman–Crippen MR) is 141 cm³/mol. The number of carbonyl (C=O) groups is 3. The third-order valence-corrected chi connectivity index (χ3v) is 7.99. The molecule has 1 fully saturated rings. The molecule has 0 bridgehead atoms. The number of amides is 3. The van der Waals surface area contributed by atoms with Crippen LogP contribution in [0.1, 0.15) is 27.8 Å². The van der Waals surface area contributed by atoms with Crippen molar-refractivity contribution in [1.29, 1.82) is 0 Å². The second-order valence-corrected chi connectivity index (χ2v) is 10.4. The monoisotopic (exact) mass is 485 g/mol. The van der Waals surface area contributed by atoms with Gasteiger partial charge in [0.2, 0.25) is 16.7 Å². The van der Waals surface area contributed by atoms with Crippen molar-refractivity contribution in [2.45, 2.75) is 32.6 Å². The number of para-hydroxylation sites is 1. The van der Waals surface area contributed by atoms with E-state index in [1.54, 1.807) is 4.90 Å². The van der Waals surface area contributed by atoms with Gasteiger partial charge >= 0.3 is 0 Å². The van der Waals surface area contributed by atoms with Gasteiger partial charge in [-0.05, 0) is 57.0 Å². The molecule has 5 rings (SSSR count). The van der Waals surface area contributed by atoms with E-state index in [1.807, 2.05) is 88.4 Å². The highest BCUT2D eigenvalue weighted by molar-refractivity contribution is 8.02. The van der Waals surface area contributed by atoms with Crippen LogP contribution in [0.15, 0.2) is 60.7 Å². The molecule has 3 amide bonds. The maximum Gasteiger partial charge on any atom is 0.269 e. The smallest absolute Gasteiger partial charge is 0.269 e. The molecule has 1 N–H and O–H groups in total. The molecule has 0 unspecified atom stereocenters. The lowest BCUT2D eigenvalue weighted by Crippen LogP contribution is -2.50. The number of nitrogens with zero attached hydrogens (tertiary/aromatic N) is 2. The van der Waals surface area contributed by atoms with Crippen molar-refractivity contribution in [2.75, 3.05) is 27.4 Å². The Morgan fingerprint density at radius 2 is 1.60 bits per heavy atom. The van der Waals surface area contributed by atoms with Crippen molar-refractivity contribution in [3.8, 4) is 0 Å². The van der Waals surface area contributed by atoms with Gasteiger partial charge in [0.15, 0.2) is 0 Å². The van der Waals surface area contributed by atoms with E-state index in [9.17, 15) is 14.4 Å². The summed E-state index contributed by atoms with van der Waals surface area (Å²) in [4.78, 5) is 42.3. The summed E-state index contributed by atoms with van der Waals surface area (Å²) in [5, 5.41) is 3.00. The van der Waals surface area contributed by atoms with Crippen molar-refractivity contribution >= 4 is 46.5 Å². The van der Waals surface area contributed by atoms with Gasteiger partial charge in [0.25, 0.3) is 5.91 Å². The van der Waals surface area contributed by atoms with Gasteiger partial charge in [-0.1, -0.05) is 53.6 Å². The second-order valence-electron chi connectivity index (χ2n) is 9.23. The summed E-state index contributed by atoms with van der Waals surface area (Å²) in [5.74, 6) is -0.492. The fourth-order valence-electron chi connectivity index (χ4n) is 5.11. The molecule has 0 aromatic heterocycles. The molecule has 6 nitrogen and oxygen atoms in total. The van der Waals surface area contributed by atoms with Crippen molar-refractivity contribution in [2.24, 2.45) is 0 Å². The molecule has 0 radical (unpaired) electrons. The van der Waals surface area contributed by atoms with Crippen molar-refractivity contribution < 1.29 is 14.4 Å². The van der Waals surface area contributed by atoms with Gasteiger partial charge in [0, 0.05) is 16.9 Å². The summed E-state index contributed by atoms with van der Waals surface area (Å²) in [6, 6.07) is 19.1.